The number of aliphatic carboxylic acids is 1. The highest BCUT2D eigenvalue weighted by molar-refractivity contribution is 5.89. The van der Waals surface area contributed by atoms with Crippen LogP contribution in [0.25, 0.3) is 0 Å². The molecule has 0 aliphatic rings. The number of carboxylic acids is 1. The Morgan fingerprint density at radius 3 is 2.36 bits per heavy atom. The van der Waals surface area contributed by atoms with Gasteiger partial charge >= 0.3 is 11.9 Å². The fourth-order valence-electron chi connectivity index (χ4n) is 1.69. The standard InChI is InChI=1S/C13H23N3O6/c1-8(17)15-6-4-3-5-10(13(21)22-2)16-12(20)9(14)7-11(18)19/h9-10H,3-7,14H2,1-2H3,(H,15,17)(H,16,20)(H,18,19)/t9-,10-/m1/s1. The van der Waals surface area contributed by atoms with Gasteiger partial charge in [0, 0.05) is 13.5 Å². The molecule has 0 rings (SSSR count). The lowest BCUT2D eigenvalue weighted by Crippen LogP contribution is -2.49. The second-order valence-electron chi connectivity index (χ2n) is 4.77. The summed E-state index contributed by atoms with van der Waals surface area (Å²) in [5.74, 6) is -2.69. The Morgan fingerprint density at radius 1 is 1.23 bits per heavy atom. The number of carbonyl (C=O) groups is 4. The van der Waals surface area contributed by atoms with Crippen molar-refractivity contribution in [3.63, 3.8) is 0 Å². The predicted octanol–water partition coefficient (Wildman–Crippen LogP) is -1.25. The molecule has 9 nitrogen and oxygen atoms in total. The van der Waals surface area contributed by atoms with E-state index >= 15 is 0 Å². The Bertz CT molecular complexity index is 413. The summed E-state index contributed by atoms with van der Waals surface area (Å²) in [6.07, 6.45) is 0.971. The maximum absolute atomic E-state index is 11.7. The highest BCUT2D eigenvalue weighted by atomic mass is 16.5. The van der Waals surface area contributed by atoms with Crippen LogP contribution in [0.3, 0.4) is 0 Å². The molecule has 0 aliphatic heterocycles. The lowest BCUT2D eigenvalue weighted by atomic mass is 10.1. The minimum atomic E-state index is -1.23. The van der Waals surface area contributed by atoms with Crippen molar-refractivity contribution in [2.75, 3.05) is 13.7 Å². The van der Waals surface area contributed by atoms with Crippen LogP contribution in [0.15, 0.2) is 0 Å². The van der Waals surface area contributed by atoms with Crippen LogP contribution in [0.1, 0.15) is 32.6 Å². The van der Waals surface area contributed by atoms with Crippen LogP contribution >= 0.6 is 0 Å². The van der Waals surface area contributed by atoms with E-state index in [9.17, 15) is 19.2 Å². The van der Waals surface area contributed by atoms with Crippen molar-refractivity contribution in [2.24, 2.45) is 5.73 Å². The zero-order valence-corrected chi connectivity index (χ0v) is 12.8. The fraction of sp³-hybridized carbons (Fsp3) is 0.692. The lowest BCUT2D eigenvalue weighted by Gasteiger charge is -2.18. The van der Waals surface area contributed by atoms with E-state index in [2.05, 4.69) is 15.4 Å². The molecule has 0 fully saturated rings. The van der Waals surface area contributed by atoms with Crippen molar-refractivity contribution in [1.29, 1.82) is 0 Å². The molecule has 9 heteroatoms. The van der Waals surface area contributed by atoms with Gasteiger partial charge in [0.05, 0.1) is 19.6 Å². The molecule has 22 heavy (non-hydrogen) atoms. The Labute approximate surface area is 128 Å². The second-order valence-corrected chi connectivity index (χ2v) is 4.77. The van der Waals surface area contributed by atoms with Gasteiger partial charge in [-0.25, -0.2) is 4.79 Å². The van der Waals surface area contributed by atoms with Gasteiger partial charge in [-0.15, -0.1) is 0 Å². The van der Waals surface area contributed by atoms with Gasteiger partial charge in [0.25, 0.3) is 0 Å². The molecule has 126 valence electrons. The number of rotatable bonds is 10. The number of carbonyl (C=O) groups excluding carboxylic acids is 3. The Morgan fingerprint density at radius 2 is 1.86 bits per heavy atom. The number of nitrogens with two attached hydrogens (primary N) is 1. The zero-order chi connectivity index (χ0) is 17.1. The number of methoxy groups -OCH3 is 1. The van der Waals surface area contributed by atoms with Crippen LogP contribution in [0, 0.1) is 0 Å². The summed E-state index contributed by atoms with van der Waals surface area (Å²) in [4.78, 5) is 44.5. The first-order valence-corrected chi connectivity index (χ1v) is 6.88. The zero-order valence-electron chi connectivity index (χ0n) is 12.8. The van der Waals surface area contributed by atoms with E-state index in [0.29, 0.717) is 25.8 Å². The van der Waals surface area contributed by atoms with E-state index in [1.165, 1.54) is 14.0 Å². The number of ether oxygens (including phenoxy) is 1. The van der Waals surface area contributed by atoms with Gasteiger partial charge in [-0.2, -0.15) is 0 Å². The average Bonchev–Trinajstić information content (AvgIpc) is 2.43. The molecule has 2 atom stereocenters. The summed E-state index contributed by atoms with van der Waals surface area (Å²) >= 11 is 0. The molecule has 5 N–H and O–H groups in total. The molecule has 0 radical (unpaired) electrons. The van der Waals surface area contributed by atoms with Crippen molar-refractivity contribution in [2.45, 2.75) is 44.7 Å². The number of hydrogen-bond donors (Lipinski definition) is 4. The number of carboxylic acid groups (broad SMARTS) is 1. The van der Waals surface area contributed by atoms with Crippen LogP contribution in [0.5, 0.6) is 0 Å². The van der Waals surface area contributed by atoms with Crippen molar-refractivity contribution in [3.8, 4) is 0 Å². The summed E-state index contributed by atoms with van der Waals surface area (Å²) < 4.78 is 4.59. The minimum Gasteiger partial charge on any atom is -0.481 e. The van der Waals surface area contributed by atoms with Gasteiger partial charge in [-0.05, 0) is 19.3 Å². The van der Waals surface area contributed by atoms with Crippen molar-refractivity contribution in [3.05, 3.63) is 0 Å². The molecule has 0 saturated heterocycles. The number of esters is 1. The fourth-order valence-corrected chi connectivity index (χ4v) is 1.69. The van der Waals surface area contributed by atoms with E-state index in [0.717, 1.165) is 0 Å². The molecule has 0 heterocycles. The molecular weight excluding hydrogens is 294 g/mol. The first kappa shape index (κ1) is 19.8. The minimum absolute atomic E-state index is 0.141. The quantitative estimate of drug-likeness (QED) is 0.291. The first-order valence-electron chi connectivity index (χ1n) is 6.88. The van der Waals surface area contributed by atoms with Gasteiger partial charge in [0.15, 0.2) is 0 Å². The number of amides is 2. The van der Waals surface area contributed by atoms with E-state index in [4.69, 9.17) is 10.8 Å². The molecule has 2 amide bonds. The molecule has 0 bridgehead atoms. The normalized spacial score (nSPS) is 12.9. The largest absolute Gasteiger partial charge is 0.481 e. The number of hydrogen-bond acceptors (Lipinski definition) is 6. The third-order valence-corrected chi connectivity index (χ3v) is 2.83. The third kappa shape index (κ3) is 8.90. The molecule has 0 aliphatic carbocycles. The monoisotopic (exact) mass is 317 g/mol. The van der Waals surface area contributed by atoms with Gasteiger partial charge in [-0.3, -0.25) is 14.4 Å². The maximum atomic E-state index is 11.7. The smallest absolute Gasteiger partial charge is 0.328 e. The Kier molecular flexibility index (Phi) is 9.51. The van der Waals surface area contributed by atoms with Crippen molar-refractivity contribution < 1.29 is 29.0 Å². The molecule has 0 aromatic heterocycles. The van der Waals surface area contributed by atoms with E-state index in [1.807, 2.05) is 0 Å². The summed E-state index contributed by atoms with van der Waals surface area (Å²) in [5, 5.41) is 13.6. The Hall–Kier alpha value is -2.16. The summed E-state index contributed by atoms with van der Waals surface area (Å²) in [5.41, 5.74) is 5.43. The van der Waals surface area contributed by atoms with Crippen molar-refractivity contribution in [1.82, 2.24) is 10.6 Å². The lowest BCUT2D eigenvalue weighted by molar-refractivity contribution is -0.145. The highest BCUT2D eigenvalue weighted by Crippen LogP contribution is 2.03. The molecule has 0 unspecified atom stereocenters. The van der Waals surface area contributed by atoms with Crippen LogP contribution in [-0.2, 0) is 23.9 Å². The van der Waals surface area contributed by atoms with Crippen LogP contribution in [-0.4, -0.2) is 54.6 Å². The average molecular weight is 317 g/mol. The second kappa shape index (κ2) is 10.6. The molecular formula is C13H23N3O6. The SMILES string of the molecule is COC(=O)[C@@H](CCCCNC(C)=O)NC(=O)[C@H](N)CC(=O)O. The number of nitrogens with one attached hydrogen (secondary N) is 2. The molecule has 0 saturated carbocycles. The highest BCUT2D eigenvalue weighted by Gasteiger charge is 2.25. The maximum Gasteiger partial charge on any atom is 0.328 e. The number of unbranched alkanes of at least 4 members (excludes halogenated alkanes) is 1. The van der Waals surface area contributed by atoms with E-state index in [1.54, 1.807) is 0 Å². The van der Waals surface area contributed by atoms with Gasteiger partial charge in [0.1, 0.15) is 6.04 Å². The Balaban J connectivity index is 4.34. The predicted molar refractivity (Wildman–Crippen MR) is 76.7 cm³/mol. The third-order valence-electron chi connectivity index (χ3n) is 2.83. The summed E-state index contributed by atoms with van der Waals surface area (Å²) in [6.45, 7) is 1.87. The van der Waals surface area contributed by atoms with Gasteiger partial charge < -0.3 is 26.2 Å². The molecule has 0 spiro atoms. The van der Waals surface area contributed by atoms with E-state index < -0.39 is 36.4 Å². The molecule has 0 aromatic rings. The van der Waals surface area contributed by atoms with E-state index in [-0.39, 0.29) is 5.91 Å². The van der Waals surface area contributed by atoms with Gasteiger partial charge in [-0.1, -0.05) is 0 Å². The summed E-state index contributed by atoms with van der Waals surface area (Å²) in [7, 11) is 1.19. The van der Waals surface area contributed by atoms with Crippen LogP contribution in [0.2, 0.25) is 0 Å². The van der Waals surface area contributed by atoms with Crippen LogP contribution in [0.4, 0.5) is 0 Å². The first-order chi connectivity index (χ1) is 10.3. The topological polar surface area (TPSA) is 148 Å². The van der Waals surface area contributed by atoms with Crippen LogP contribution < -0.4 is 16.4 Å². The summed E-state index contributed by atoms with van der Waals surface area (Å²) in [6, 6.07) is -2.13. The van der Waals surface area contributed by atoms with Gasteiger partial charge in [0.2, 0.25) is 11.8 Å². The molecule has 0 aromatic carbocycles. The van der Waals surface area contributed by atoms with Crippen molar-refractivity contribution >= 4 is 23.8 Å².